The predicted molar refractivity (Wildman–Crippen MR) is 127 cm³/mol. The molecular weight excluding hydrogens is 448 g/mol. The van der Waals surface area contributed by atoms with Crippen molar-refractivity contribution in [3.05, 3.63) is 65.7 Å². The number of hydrogen-bond acceptors (Lipinski definition) is 5. The number of anilines is 2. The summed E-state index contributed by atoms with van der Waals surface area (Å²) in [6.07, 6.45) is 3.01. The summed E-state index contributed by atoms with van der Waals surface area (Å²) in [4.78, 5) is 14.0. The first kappa shape index (κ1) is 26.0. The van der Waals surface area contributed by atoms with Gasteiger partial charge in [-0.15, -0.1) is 0 Å². The topological polar surface area (TPSA) is 90.3 Å². The Balaban J connectivity index is 2.05. The molecule has 0 fully saturated rings. The number of allylic oxidation sites excluding steroid dienone is 1. The standard InChI is InChI=1S/C24H27F2N3O3S/c1-18(2)24(17-27)33(31,32)28-21-8-6-20(7-9-21)23(30)12-5-19-3-10-22(11-4-19)29(15-13-25)16-14-26/h3-12,18,24,28H,13-16H2,1-2H3. The van der Waals surface area contributed by atoms with Crippen LogP contribution in [0.2, 0.25) is 0 Å². The summed E-state index contributed by atoms with van der Waals surface area (Å²) in [5, 5.41) is 7.93. The van der Waals surface area contributed by atoms with E-state index in [1.807, 2.05) is 0 Å². The Hall–Kier alpha value is -3.25. The molecule has 0 aliphatic heterocycles. The maximum Gasteiger partial charge on any atom is 0.249 e. The molecule has 1 N–H and O–H groups in total. The van der Waals surface area contributed by atoms with Crippen molar-refractivity contribution in [2.24, 2.45) is 5.92 Å². The minimum Gasteiger partial charge on any atom is -0.366 e. The maximum atomic E-state index is 12.6. The third-order valence-corrected chi connectivity index (χ3v) is 6.73. The van der Waals surface area contributed by atoms with Gasteiger partial charge in [0.15, 0.2) is 11.0 Å². The van der Waals surface area contributed by atoms with E-state index in [0.717, 1.165) is 5.56 Å². The van der Waals surface area contributed by atoms with Crippen LogP contribution < -0.4 is 9.62 Å². The van der Waals surface area contributed by atoms with E-state index < -0.39 is 28.6 Å². The van der Waals surface area contributed by atoms with Crippen LogP contribution in [-0.4, -0.2) is 45.9 Å². The molecule has 2 aromatic rings. The Kier molecular flexibility index (Phi) is 9.55. The van der Waals surface area contributed by atoms with Crippen LogP contribution in [0.1, 0.15) is 29.8 Å². The van der Waals surface area contributed by atoms with Crippen LogP contribution in [0.5, 0.6) is 0 Å². The summed E-state index contributed by atoms with van der Waals surface area (Å²) in [7, 11) is -3.88. The number of carbonyl (C=O) groups is 1. The maximum absolute atomic E-state index is 12.6. The molecule has 0 aliphatic rings. The first-order valence-electron chi connectivity index (χ1n) is 10.4. The van der Waals surface area contributed by atoms with E-state index in [1.54, 1.807) is 55.2 Å². The van der Waals surface area contributed by atoms with Crippen LogP contribution in [-0.2, 0) is 10.0 Å². The van der Waals surface area contributed by atoms with Gasteiger partial charge >= 0.3 is 0 Å². The van der Waals surface area contributed by atoms with Crippen LogP contribution in [0.3, 0.4) is 0 Å². The highest BCUT2D eigenvalue weighted by molar-refractivity contribution is 7.93. The third-order valence-electron chi connectivity index (χ3n) is 4.89. The summed E-state index contributed by atoms with van der Waals surface area (Å²) < 4.78 is 52.3. The van der Waals surface area contributed by atoms with Crippen molar-refractivity contribution >= 4 is 33.3 Å². The highest BCUT2D eigenvalue weighted by Crippen LogP contribution is 2.19. The first-order valence-corrected chi connectivity index (χ1v) is 12.0. The highest BCUT2D eigenvalue weighted by Gasteiger charge is 2.28. The molecule has 176 valence electrons. The fourth-order valence-electron chi connectivity index (χ4n) is 3.15. The Bertz CT molecular complexity index is 1090. The van der Waals surface area contributed by atoms with Gasteiger partial charge in [0, 0.05) is 30.0 Å². The van der Waals surface area contributed by atoms with Crippen LogP contribution in [0.15, 0.2) is 54.6 Å². The molecule has 1 unspecified atom stereocenters. The molecule has 2 rings (SSSR count). The SMILES string of the molecule is CC(C)C(C#N)S(=O)(=O)Nc1ccc(C(=O)C=Cc2ccc(N(CCF)CCF)cc2)cc1. The lowest BCUT2D eigenvalue weighted by molar-refractivity contribution is 0.104. The number of ketones is 1. The van der Waals surface area contributed by atoms with E-state index in [1.165, 1.54) is 30.3 Å². The Morgan fingerprint density at radius 1 is 1.06 bits per heavy atom. The van der Waals surface area contributed by atoms with Gasteiger partial charge in [0.05, 0.1) is 6.07 Å². The second-order valence-corrected chi connectivity index (χ2v) is 9.47. The molecule has 0 spiro atoms. The largest absolute Gasteiger partial charge is 0.366 e. The summed E-state index contributed by atoms with van der Waals surface area (Å²) in [6, 6.07) is 14.7. The van der Waals surface area contributed by atoms with Gasteiger partial charge in [0.25, 0.3) is 0 Å². The van der Waals surface area contributed by atoms with E-state index in [4.69, 9.17) is 5.26 Å². The molecule has 33 heavy (non-hydrogen) atoms. The number of benzene rings is 2. The van der Waals surface area contributed by atoms with Gasteiger partial charge < -0.3 is 4.90 Å². The number of nitrogens with one attached hydrogen (secondary N) is 1. The van der Waals surface area contributed by atoms with E-state index in [-0.39, 0.29) is 30.5 Å². The Morgan fingerprint density at radius 2 is 1.64 bits per heavy atom. The summed E-state index contributed by atoms with van der Waals surface area (Å²) >= 11 is 0. The summed E-state index contributed by atoms with van der Waals surface area (Å²) in [5.41, 5.74) is 2.07. The van der Waals surface area contributed by atoms with Crippen LogP contribution >= 0.6 is 0 Å². The van der Waals surface area contributed by atoms with Crippen LogP contribution in [0.25, 0.3) is 6.08 Å². The number of alkyl halides is 2. The van der Waals surface area contributed by atoms with Crippen LogP contribution in [0.4, 0.5) is 20.2 Å². The van der Waals surface area contributed by atoms with Crippen molar-refractivity contribution in [3.63, 3.8) is 0 Å². The lowest BCUT2D eigenvalue weighted by Gasteiger charge is -2.22. The van der Waals surface area contributed by atoms with Gasteiger partial charge in [-0.2, -0.15) is 5.26 Å². The zero-order valence-electron chi connectivity index (χ0n) is 18.5. The molecule has 0 aromatic heterocycles. The number of carbonyl (C=O) groups excluding carboxylic acids is 1. The van der Waals surface area contributed by atoms with E-state index in [2.05, 4.69) is 4.72 Å². The molecule has 0 radical (unpaired) electrons. The fraction of sp³-hybridized carbons (Fsp3) is 0.333. The first-order chi connectivity index (χ1) is 15.7. The summed E-state index contributed by atoms with van der Waals surface area (Å²) in [5.74, 6) is -0.648. The highest BCUT2D eigenvalue weighted by atomic mass is 32.2. The van der Waals surface area contributed by atoms with Gasteiger partial charge in [-0.1, -0.05) is 32.1 Å². The minimum absolute atomic E-state index is 0.110. The van der Waals surface area contributed by atoms with Gasteiger partial charge in [-0.3, -0.25) is 9.52 Å². The summed E-state index contributed by atoms with van der Waals surface area (Å²) in [6.45, 7) is 2.37. The Morgan fingerprint density at radius 3 is 2.12 bits per heavy atom. The average molecular weight is 476 g/mol. The molecule has 6 nitrogen and oxygen atoms in total. The predicted octanol–water partition coefficient (Wildman–Crippen LogP) is 4.62. The van der Waals surface area contributed by atoms with Crippen molar-refractivity contribution in [3.8, 4) is 6.07 Å². The molecule has 0 aliphatic carbocycles. The second kappa shape index (κ2) is 12.1. The van der Waals surface area contributed by atoms with Gasteiger partial charge in [-0.05, 0) is 54.0 Å². The second-order valence-electron chi connectivity index (χ2n) is 7.67. The number of nitrogens with zero attached hydrogens (tertiary/aromatic N) is 2. The molecule has 0 amide bonds. The van der Waals surface area contributed by atoms with E-state index in [9.17, 15) is 22.0 Å². The minimum atomic E-state index is -3.88. The van der Waals surface area contributed by atoms with Crippen molar-refractivity contribution in [2.75, 3.05) is 36.1 Å². The molecule has 0 saturated heterocycles. The number of nitriles is 1. The fourth-order valence-corrected chi connectivity index (χ4v) is 4.59. The van der Waals surface area contributed by atoms with Crippen LogP contribution in [0, 0.1) is 17.2 Å². The van der Waals surface area contributed by atoms with Gasteiger partial charge in [0.1, 0.15) is 13.3 Å². The van der Waals surface area contributed by atoms with E-state index in [0.29, 0.717) is 11.3 Å². The van der Waals surface area contributed by atoms with E-state index >= 15 is 0 Å². The number of halogens is 2. The van der Waals surface area contributed by atoms with Gasteiger partial charge in [0.2, 0.25) is 10.0 Å². The van der Waals surface area contributed by atoms with Crippen molar-refractivity contribution in [1.29, 1.82) is 5.26 Å². The number of sulfonamides is 1. The lowest BCUT2D eigenvalue weighted by atomic mass is 10.1. The average Bonchev–Trinajstić information content (AvgIpc) is 2.78. The number of rotatable bonds is 12. The quantitative estimate of drug-likeness (QED) is 0.357. The molecule has 0 saturated carbocycles. The molecule has 1 atom stereocenters. The number of hydrogen-bond donors (Lipinski definition) is 1. The molecule has 2 aromatic carbocycles. The zero-order chi connectivity index (χ0) is 24.4. The van der Waals surface area contributed by atoms with Crippen molar-refractivity contribution < 1.29 is 22.0 Å². The molecule has 0 bridgehead atoms. The van der Waals surface area contributed by atoms with Gasteiger partial charge in [-0.25, -0.2) is 17.2 Å². The lowest BCUT2D eigenvalue weighted by Crippen LogP contribution is -2.30. The zero-order valence-corrected chi connectivity index (χ0v) is 19.4. The smallest absolute Gasteiger partial charge is 0.249 e. The molecular formula is C24H27F2N3O3S. The van der Waals surface area contributed by atoms with Crippen molar-refractivity contribution in [1.82, 2.24) is 0 Å². The third kappa shape index (κ3) is 7.39. The molecule has 9 heteroatoms. The Labute approximate surface area is 193 Å². The monoisotopic (exact) mass is 475 g/mol. The normalized spacial score (nSPS) is 12.5. The van der Waals surface area contributed by atoms with Crippen molar-refractivity contribution in [2.45, 2.75) is 19.1 Å². The molecule has 0 heterocycles.